The predicted molar refractivity (Wildman–Crippen MR) is 89.5 cm³/mol. The Labute approximate surface area is 134 Å². The molecule has 0 unspecified atom stereocenters. The number of nitrogens with one attached hydrogen (secondary N) is 1. The Bertz CT molecular complexity index is 871. The van der Waals surface area contributed by atoms with E-state index in [0.717, 1.165) is 35.7 Å². The maximum Gasteiger partial charge on any atom is 0.150 e. The Morgan fingerprint density at radius 2 is 1.74 bits per heavy atom. The number of benzene rings is 2. The van der Waals surface area contributed by atoms with Crippen LogP contribution in [-0.4, -0.2) is 4.98 Å². The Balaban J connectivity index is 1.97. The highest BCUT2D eigenvalue weighted by Gasteiger charge is 2.32. The minimum Gasteiger partial charge on any atom is -0.352 e. The first-order valence-corrected chi connectivity index (χ1v) is 8.10. The molecule has 4 rings (SSSR count). The van der Waals surface area contributed by atoms with Gasteiger partial charge in [-0.05, 0) is 48.8 Å². The van der Waals surface area contributed by atoms with Crippen molar-refractivity contribution in [3.05, 3.63) is 59.2 Å². The van der Waals surface area contributed by atoms with Gasteiger partial charge < -0.3 is 4.98 Å². The second kappa shape index (κ2) is 5.19. The Hall–Kier alpha value is -2.16. The van der Waals surface area contributed by atoms with Crippen LogP contribution in [-0.2, 0) is 0 Å². The maximum absolute atomic E-state index is 14.2. The highest BCUT2D eigenvalue weighted by Crippen LogP contribution is 2.48. The van der Waals surface area contributed by atoms with Crippen molar-refractivity contribution in [2.45, 2.75) is 32.6 Å². The van der Waals surface area contributed by atoms with E-state index in [4.69, 9.17) is 0 Å². The van der Waals surface area contributed by atoms with Crippen LogP contribution in [0.5, 0.6) is 0 Å². The zero-order valence-corrected chi connectivity index (χ0v) is 13.3. The van der Waals surface area contributed by atoms with Crippen LogP contribution in [0.1, 0.15) is 36.8 Å². The normalized spacial score (nSPS) is 20.7. The number of hydrogen-bond acceptors (Lipinski definition) is 0. The molecule has 0 amide bonds. The van der Waals surface area contributed by atoms with Gasteiger partial charge in [0.1, 0.15) is 11.6 Å². The number of hydrogen-bond donors (Lipinski definition) is 1. The van der Waals surface area contributed by atoms with E-state index in [2.05, 4.69) is 11.9 Å². The van der Waals surface area contributed by atoms with Gasteiger partial charge in [-0.25, -0.2) is 8.78 Å². The van der Waals surface area contributed by atoms with Gasteiger partial charge in [0.05, 0.1) is 11.2 Å². The van der Waals surface area contributed by atoms with E-state index in [9.17, 15) is 8.78 Å². The molecule has 2 aromatic carbocycles. The van der Waals surface area contributed by atoms with E-state index in [1.165, 1.54) is 11.6 Å². The SMILES string of the molecule is Cc1ccc(-c2[nH]c3c(F)cc(F)cc3c2C2CC(C)C2)cc1. The highest BCUT2D eigenvalue weighted by atomic mass is 19.1. The predicted octanol–water partition coefficient (Wildman–Crippen LogP) is 5.94. The standard InChI is InChI=1S/C20H19F2N/c1-11-3-5-13(6-4-11)19-18(14-7-12(2)8-14)16-9-15(21)10-17(22)20(16)23-19/h3-6,9-10,12,14,23H,7-8H2,1-2H3. The van der Waals surface area contributed by atoms with E-state index in [-0.39, 0.29) is 0 Å². The van der Waals surface area contributed by atoms with E-state index in [1.807, 2.05) is 31.2 Å². The molecule has 3 aromatic rings. The molecule has 118 valence electrons. The number of halogens is 2. The van der Waals surface area contributed by atoms with Crippen molar-refractivity contribution in [3.63, 3.8) is 0 Å². The van der Waals surface area contributed by atoms with Crippen molar-refractivity contribution >= 4 is 10.9 Å². The molecule has 0 saturated heterocycles. The summed E-state index contributed by atoms with van der Waals surface area (Å²) in [4.78, 5) is 3.22. The van der Waals surface area contributed by atoms with Crippen molar-refractivity contribution in [1.82, 2.24) is 4.98 Å². The van der Waals surface area contributed by atoms with Gasteiger partial charge in [-0.15, -0.1) is 0 Å². The fourth-order valence-electron chi connectivity index (χ4n) is 3.75. The van der Waals surface area contributed by atoms with Crippen LogP contribution >= 0.6 is 0 Å². The number of H-pyrrole nitrogens is 1. The summed E-state index contributed by atoms with van der Waals surface area (Å²) >= 11 is 0. The largest absolute Gasteiger partial charge is 0.352 e. The summed E-state index contributed by atoms with van der Waals surface area (Å²) in [6.07, 6.45) is 2.15. The van der Waals surface area contributed by atoms with Crippen LogP contribution in [0, 0.1) is 24.5 Å². The first-order chi connectivity index (χ1) is 11.0. The number of aromatic nitrogens is 1. The molecule has 0 spiro atoms. The molecule has 1 aliphatic rings. The monoisotopic (exact) mass is 311 g/mol. The van der Waals surface area contributed by atoms with Gasteiger partial charge in [0.25, 0.3) is 0 Å². The molecule has 1 fully saturated rings. The molecule has 0 aliphatic heterocycles. The molecule has 0 radical (unpaired) electrons. The summed E-state index contributed by atoms with van der Waals surface area (Å²) in [5.74, 6) is 0.00976. The third-order valence-electron chi connectivity index (χ3n) is 4.99. The molecule has 0 bridgehead atoms. The lowest BCUT2D eigenvalue weighted by Gasteiger charge is -2.33. The van der Waals surface area contributed by atoms with Gasteiger partial charge in [-0.1, -0.05) is 36.8 Å². The van der Waals surface area contributed by atoms with Gasteiger partial charge >= 0.3 is 0 Å². The smallest absolute Gasteiger partial charge is 0.150 e. The lowest BCUT2D eigenvalue weighted by atomic mass is 9.71. The maximum atomic E-state index is 14.2. The van der Waals surface area contributed by atoms with Crippen LogP contribution < -0.4 is 0 Å². The molecule has 1 saturated carbocycles. The molecule has 1 aliphatic carbocycles. The highest BCUT2D eigenvalue weighted by molar-refractivity contribution is 5.92. The van der Waals surface area contributed by atoms with Gasteiger partial charge in [0.15, 0.2) is 0 Å². The van der Waals surface area contributed by atoms with E-state index in [0.29, 0.717) is 22.7 Å². The topological polar surface area (TPSA) is 15.8 Å². The lowest BCUT2D eigenvalue weighted by molar-refractivity contribution is 0.290. The van der Waals surface area contributed by atoms with Gasteiger partial charge in [0.2, 0.25) is 0 Å². The molecule has 0 atom stereocenters. The van der Waals surface area contributed by atoms with Crippen molar-refractivity contribution in [2.75, 3.05) is 0 Å². The van der Waals surface area contributed by atoms with Crippen molar-refractivity contribution < 1.29 is 8.78 Å². The van der Waals surface area contributed by atoms with Gasteiger partial charge in [0, 0.05) is 11.5 Å². The zero-order chi connectivity index (χ0) is 16.1. The third-order valence-corrected chi connectivity index (χ3v) is 4.99. The van der Waals surface area contributed by atoms with Crippen LogP contribution in [0.2, 0.25) is 0 Å². The van der Waals surface area contributed by atoms with Crippen LogP contribution in [0.25, 0.3) is 22.2 Å². The molecule has 3 heteroatoms. The molecule has 1 N–H and O–H groups in total. The molecule has 1 nitrogen and oxygen atoms in total. The second-order valence-corrected chi connectivity index (χ2v) is 6.86. The molecular formula is C20H19F2N. The fourth-order valence-corrected chi connectivity index (χ4v) is 3.75. The summed E-state index contributed by atoms with van der Waals surface area (Å²) in [7, 11) is 0. The van der Waals surface area contributed by atoms with Gasteiger partial charge in [-0.3, -0.25) is 0 Å². The Morgan fingerprint density at radius 1 is 1.04 bits per heavy atom. The molecular weight excluding hydrogens is 292 g/mol. The lowest BCUT2D eigenvalue weighted by Crippen LogP contribution is -2.19. The minimum atomic E-state index is -0.521. The van der Waals surface area contributed by atoms with Crippen LogP contribution in [0.15, 0.2) is 36.4 Å². The summed E-state index contributed by atoms with van der Waals surface area (Å²) in [5.41, 5.74) is 4.63. The minimum absolute atomic E-state index is 0.372. The first-order valence-electron chi connectivity index (χ1n) is 8.10. The summed E-state index contributed by atoms with van der Waals surface area (Å²) < 4.78 is 28.0. The summed E-state index contributed by atoms with van der Waals surface area (Å²) in [6.45, 7) is 4.26. The molecule has 1 aromatic heterocycles. The summed E-state index contributed by atoms with van der Waals surface area (Å²) in [5, 5.41) is 0.690. The number of fused-ring (bicyclic) bond motifs is 1. The Kier molecular flexibility index (Phi) is 3.26. The average molecular weight is 311 g/mol. The number of aryl methyl sites for hydroxylation is 1. The molecule has 1 heterocycles. The Morgan fingerprint density at radius 3 is 2.39 bits per heavy atom. The van der Waals surface area contributed by atoms with Crippen LogP contribution in [0.3, 0.4) is 0 Å². The zero-order valence-electron chi connectivity index (χ0n) is 13.3. The van der Waals surface area contributed by atoms with Crippen molar-refractivity contribution in [3.8, 4) is 11.3 Å². The van der Waals surface area contributed by atoms with Crippen molar-refractivity contribution in [1.29, 1.82) is 0 Å². The average Bonchev–Trinajstić information content (AvgIpc) is 2.84. The second-order valence-electron chi connectivity index (χ2n) is 6.86. The number of rotatable bonds is 2. The van der Waals surface area contributed by atoms with E-state index in [1.54, 1.807) is 0 Å². The molecule has 23 heavy (non-hydrogen) atoms. The third kappa shape index (κ3) is 2.35. The van der Waals surface area contributed by atoms with Crippen LogP contribution in [0.4, 0.5) is 8.78 Å². The summed E-state index contributed by atoms with van der Waals surface area (Å²) in [6, 6.07) is 10.6. The van der Waals surface area contributed by atoms with E-state index >= 15 is 0 Å². The fraction of sp³-hybridized carbons (Fsp3) is 0.300. The van der Waals surface area contributed by atoms with Crippen molar-refractivity contribution in [2.24, 2.45) is 5.92 Å². The first kappa shape index (κ1) is 14.4. The van der Waals surface area contributed by atoms with Gasteiger partial charge in [-0.2, -0.15) is 0 Å². The van der Waals surface area contributed by atoms with E-state index < -0.39 is 11.6 Å². The quantitative estimate of drug-likeness (QED) is 0.603. The number of aromatic amines is 1.